The van der Waals surface area contributed by atoms with Crippen LogP contribution in [0, 0.1) is 0 Å². The van der Waals surface area contributed by atoms with E-state index < -0.39 is 6.10 Å². The normalized spacial score (nSPS) is 19.2. The topological polar surface area (TPSA) is 88.4 Å². The lowest BCUT2D eigenvalue weighted by Gasteiger charge is -2.29. The molecule has 0 amide bonds. The Kier molecular flexibility index (Phi) is 4.06. The Morgan fingerprint density at radius 1 is 1.11 bits per heavy atom. The van der Waals surface area contributed by atoms with Gasteiger partial charge in [0.25, 0.3) is 0 Å². The van der Waals surface area contributed by atoms with Crippen LogP contribution in [0.25, 0.3) is 0 Å². The minimum atomic E-state index is -0.418. The van der Waals surface area contributed by atoms with Gasteiger partial charge in [-0.15, -0.1) is 0 Å². The van der Waals surface area contributed by atoms with Crippen LogP contribution in [-0.4, -0.2) is 29.0 Å². The van der Waals surface area contributed by atoms with Crippen molar-refractivity contribution in [2.75, 3.05) is 13.7 Å². The van der Waals surface area contributed by atoms with Crippen LogP contribution in [-0.2, 0) is 6.42 Å². The van der Waals surface area contributed by atoms with Gasteiger partial charge in [0.15, 0.2) is 23.0 Å². The van der Waals surface area contributed by atoms with Crippen LogP contribution in [0.4, 0.5) is 0 Å². The van der Waals surface area contributed by atoms with E-state index in [9.17, 15) is 15.3 Å². The van der Waals surface area contributed by atoms with E-state index in [4.69, 9.17) is 14.2 Å². The fourth-order valence-electron chi connectivity index (χ4n) is 3.70. The molecule has 142 valence electrons. The first-order valence-electron chi connectivity index (χ1n) is 8.82. The molecule has 0 saturated carbocycles. The molecule has 4 rings (SSSR count). The largest absolute Gasteiger partial charge is 0.504 e. The Labute approximate surface area is 157 Å². The maximum atomic E-state index is 10.4. The van der Waals surface area contributed by atoms with Gasteiger partial charge in [-0.25, -0.2) is 0 Å². The highest BCUT2D eigenvalue weighted by Crippen LogP contribution is 2.58. The van der Waals surface area contributed by atoms with Crippen molar-refractivity contribution in [2.24, 2.45) is 0 Å². The molecule has 0 fully saturated rings. The fraction of sp³-hybridized carbons (Fsp3) is 0.333. The number of allylic oxidation sites excluding steroid dienone is 2. The standard InChI is InChI=1S/C21H22O6/c1-10(2)4-5-11-8-13-19-14(9-26-20(13)18(24)16(11)22)12-6-7-15(25-3)17(23)21(12)27-19/h4,6-8,14,19,22-24H,5,9H2,1-3H3/t14-,19+/m1/s1. The van der Waals surface area contributed by atoms with Crippen LogP contribution in [0.1, 0.15) is 42.6 Å². The summed E-state index contributed by atoms with van der Waals surface area (Å²) in [6.45, 7) is 4.22. The summed E-state index contributed by atoms with van der Waals surface area (Å²) in [5.74, 6) is 0.331. The second-order valence-electron chi connectivity index (χ2n) is 7.13. The molecule has 3 N–H and O–H groups in total. The molecule has 0 aliphatic carbocycles. The minimum Gasteiger partial charge on any atom is -0.504 e. The molecule has 0 aromatic heterocycles. The number of phenolic OH excluding ortho intramolecular Hbond substituents is 3. The molecule has 0 radical (unpaired) electrons. The van der Waals surface area contributed by atoms with Crippen molar-refractivity contribution >= 4 is 0 Å². The van der Waals surface area contributed by atoms with E-state index in [2.05, 4.69) is 0 Å². The average molecular weight is 370 g/mol. The lowest BCUT2D eigenvalue weighted by Crippen LogP contribution is -2.23. The highest BCUT2D eigenvalue weighted by molar-refractivity contribution is 5.64. The lowest BCUT2D eigenvalue weighted by atomic mass is 9.87. The number of hydrogen-bond acceptors (Lipinski definition) is 6. The first-order valence-corrected chi connectivity index (χ1v) is 8.82. The molecule has 27 heavy (non-hydrogen) atoms. The number of ether oxygens (including phenoxy) is 3. The number of hydrogen-bond donors (Lipinski definition) is 3. The molecule has 0 bridgehead atoms. The highest BCUT2D eigenvalue weighted by Gasteiger charge is 2.44. The Balaban J connectivity index is 1.79. The van der Waals surface area contributed by atoms with Crippen molar-refractivity contribution in [3.05, 3.63) is 46.5 Å². The minimum absolute atomic E-state index is 0.0429. The molecule has 0 spiro atoms. The van der Waals surface area contributed by atoms with Crippen molar-refractivity contribution in [3.63, 3.8) is 0 Å². The summed E-state index contributed by atoms with van der Waals surface area (Å²) in [7, 11) is 1.48. The van der Waals surface area contributed by atoms with Crippen molar-refractivity contribution in [1.82, 2.24) is 0 Å². The summed E-state index contributed by atoms with van der Waals surface area (Å²) >= 11 is 0. The first-order chi connectivity index (χ1) is 12.9. The van der Waals surface area contributed by atoms with Gasteiger partial charge in [0.05, 0.1) is 19.6 Å². The quantitative estimate of drug-likeness (QED) is 0.560. The zero-order valence-corrected chi connectivity index (χ0v) is 15.4. The molecule has 2 aliphatic rings. The molecule has 6 nitrogen and oxygen atoms in total. The van der Waals surface area contributed by atoms with Gasteiger partial charge in [-0.05, 0) is 32.4 Å². The van der Waals surface area contributed by atoms with Gasteiger partial charge in [-0.3, -0.25) is 0 Å². The van der Waals surface area contributed by atoms with E-state index in [1.165, 1.54) is 7.11 Å². The summed E-state index contributed by atoms with van der Waals surface area (Å²) < 4.78 is 17.0. The number of phenols is 3. The first kappa shape index (κ1) is 17.4. The number of methoxy groups -OCH3 is 1. The Hall–Kier alpha value is -3.02. The third-order valence-electron chi connectivity index (χ3n) is 5.13. The smallest absolute Gasteiger partial charge is 0.201 e. The van der Waals surface area contributed by atoms with Gasteiger partial charge >= 0.3 is 0 Å². The molecule has 2 aliphatic heterocycles. The monoisotopic (exact) mass is 370 g/mol. The van der Waals surface area contributed by atoms with Crippen LogP contribution in [0.5, 0.6) is 34.5 Å². The number of fused-ring (bicyclic) bond motifs is 5. The van der Waals surface area contributed by atoms with E-state index in [0.29, 0.717) is 29.0 Å². The Morgan fingerprint density at radius 2 is 1.89 bits per heavy atom. The van der Waals surface area contributed by atoms with E-state index in [0.717, 1.165) is 11.1 Å². The maximum Gasteiger partial charge on any atom is 0.201 e. The number of rotatable bonds is 3. The predicted octanol–water partition coefficient (Wildman–Crippen LogP) is 3.93. The molecule has 2 heterocycles. The molecule has 6 heteroatoms. The number of aromatic hydroxyl groups is 3. The maximum absolute atomic E-state index is 10.4. The van der Waals surface area contributed by atoms with E-state index in [1.54, 1.807) is 12.1 Å². The van der Waals surface area contributed by atoms with Crippen LogP contribution in [0.3, 0.4) is 0 Å². The summed E-state index contributed by atoms with van der Waals surface area (Å²) in [4.78, 5) is 0. The molecular formula is C21H22O6. The zero-order chi connectivity index (χ0) is 19.3. The Morgan fingerprint density at radius 3 is 2.59 bits per heavy atom. The molecule has 2 atom stereocenters. The van der Waals surface area contributed by atoms with Gasteiger partial charge in [0, 0.05) is 16.7 Å². The van der Waals surface area contributed by atoms with Crippen molar-refractivity contribution < 1.29 is 29.5 Å². The van der Waals surface area contributed by atoms with E-state index in [1.807, 2.05) is 26.0 Å². The van der Waals surface area contributed by atoms with Gasteiger partial charge in [-0.1, -0.05) is 17.7 Å². The molecule has 2 aromatic carbocycles. The van der Waals surface area contributed by atoms with Crippen molar-refractivity contribution in [1.29, 1.82) is 0 Å². The summed E-state index contributed by atoms with van der Waals surface area (Å²) in [6.07, 6.45) is 2.04. The Bertz CT molecular complexity index is 942. The second-order valence-corrected chi connectivity index (χ2v) is 7.13. The van der Waals surface area contributed by atoms with Gasteiger partial charge in [-0.2, -0.15) is 0 Å². The van der Waals surface area contributed by atoms with Crippen LogP contribution in [0.15, 0.2) is 29.8 Å². The SMILES string of the molecule is COc1ccc2c(c1O)O[C@H]1c3cc(CC=C(C)C)c(O)c(O)c3OC[C@H]21. The fourth-order valence-corrected chi connectivity index (χ4v) is 3.70. The van der Waals surface area contributed by atoms with Gasteiger partial charge < -0.3 is 29.5 Å². The second kappa shape index (κ2) is 6.30. The van der Waals surface area contributed by atoms with Crippen molar-refractivity contribution in [2.45, 2.75) is 32.3 Å². The third kappa shape index (κ3) is 2.63. The predicted molar refractivity (Wildman–Crippen MR) is 99.2 cm³/mol. The highest BCUT2D eigenvalue weighted by atomic mass is 16.5. The third-order valence-corrected chi connectivity index (χ3v) is 5.13. The van der Waals surface area contributed by atoms with Crippen molar-refractivity contribution in [3.8, 4) is 34.5 Å². The van der Waals surface area contributed by atoms with Crippen LogP contribution in [0.2, 0.25) is 0 Å². The average Bonchev–Trinajstić information content (AvgIpc) is 3.03. The van der Waals surface area contributed by atoms with Crippen LogP contribution < -0.4 is 14.2 Å². The number of benzene rings is 2. The van der Waals surface area contributed by atoms with Gasteiger partial charge in [0.1, 0.15) is 6.10 Å². The zero-order valence-electron chi connectivity index (χ0n) is 15.4. The summed E-state index contributed by atoms with van der Waals surface area (Å²) in [6, 6.07) is 5.36. The molecule has 0 unspecified atom stereocenters. The van der Waals surface area contributed by atoms with E-state index in [-0.39, 0.29) is 35.5 Å². The molecule has 0 saturated heterocycles. The molecule has 2 aromatic rings. The lowest BCUT2D eigenvalue weighted by molar-refractivity contribution is 0.133. The molecular weight excluding hydrogens is 348 g/mol. The van der Waals surface area contributed by atoms with Crippen LogP contribution >= 0.6 is 0 Å². The van der Waals surface area contributed by atoms with E-state index >= 15 is 0 Å². The summed E-state index contributed by atoms with van der Waals surface area (Å²) in [5.41, 5.74) is 3.20. The summed E-state index contributed by atoms with van der Waals surface area (Å²) in [5, 5.41) is 31.2. The van der Waals surface area contributed by atoms with Gasteiger partial charge in [0.2, 0.25) is 11.5 Å².